The van der Waals surface area contributed by atoms with Gasteiger partial charge in [0.1, 0.15) is 4.70 Å². The molecule has 0 saturated heterocycles. The summed E-state index contributed by atoms with van der Waals surface area (Å²) in [7, 11) is 0. The number of benzene rings is 1. The van der Waals surface area contributed by atoms with E-state index in [1.165, 1.54) is 25.7 Å². The summed E-state index contributed by atoms with van der Waals surface area (Å²) in [5.74, 6) is 0. The molecule has 0 aliphatic carbocycles. The monoisotopic (exact) mass is 236 g/mol. The standard InChI is InChI=1S/C15H10NS/c1-2-7-14-11(5-1)12-8-10-16-9-4-3-6-13(16)15(12)17-14/h1-10H/q+1. The van der Waals surface area contributed by atoms with Gasteiger partial charge in [-0.15, -0.1) is 11.3 Å². The first-order valence-corrected chi connectivity index (χ1v) is 6.45. The van der Waals surface area contributed by atoms with Gasteiger partial charge < -0.3 is 0 Å². The summed E-state index contributed by atoms with van der Waals surface area (Å²) in [6, 6.07) is 17.2. The average Bonchev–Trinajstić information content (AvgIpc) is 2.78. The molecular weight excluding hydrogens is 226 g/mol. The molecule has 0 bridgehead atoms. The van der Waals surface area contributed by atoms with Crippen LogP contribution >= 0.6 is 11.3 Å². The van der Waals surface area contributed by atoms with E-state index >= 15 is 0 Å². The quantitative estimate of drug-likeness (QED) is 0.409. The molecule has 1 aromatic carbocycles. The van der Waals surface area contributed by atoms with E-state index in [1.807, 2.05) is 11.3 Å². The SMILES string of the molecule is c1ccc2c(c1)sc1c2cc[n+]2ccccc12. The Morgan fingerprint density at radius 3 is 2.65 bits per heavy atom. The van der Waals surface area contributed by atoms with Crippen molar-refractivity contribution in [3.63, 3.8) is 0 Å². The summed E-state index contributed by atoms with van der Waals surface area (Å²) < 4.78 is 4.91. The van der Waals surface area contributed by atoms with Gasteiger partial charge in [-0.3, -0.25) is 0 Å². The van der Waals surface area contributed by atoms with Gasteiger partial charge in [0.25, 0.3) is 0 Å². The van der Waals surface area contributed by atoms with Crippen LogP contribution in [0.3, 0.4) is 0 Å². The normalized spacial score (nSPS) is 11.5. The molecule has 3 heterocycles. The molecule has 0 atom stereocenters. The number of aromatic nitrogens is 1. The Balaban J connectivity index is 2.34. The van der Waals surface area contributed by atoms with Crippen molar-refractivity contribution in [2.75, 3.05) is 0 Å². The predicted molar refractivity (Wildman–Crippen MR) is 72.5 cm³/mol. The molecule has 0 aliphatic heterocycles. The van der Waals surface area contributed by atoms with E-state index in [0.29, 0.717) is 0 Å². The van der Waals surface area contributed by atoms with Crippen LogP contribution in [0.5, 0.6) is 0 Å². The Hall–Kier alpha value is -1.93. The van der Waals surface area contributed by atoms with Gasteiger partial charge in [-0.2, -0.15) is 4.40 Å². The number of hydrogen-bond donors (Lipinski definition) is 0. The summed E-state index contributed by atoms with van der Waals surface area (Å²) >= 11 is 1.87. The lowest BCUT2D eigenvalue weighted by Crippen LogP contribution is -2.19. The maximum absolute atomic E-state index is 2.21. The first-order chi connectivity index (χ1) is 8.43. The Morgan fingerprint density at radius 1 is 0.765 bits per heavy atom. The van der Waals surface area contributed by atoms with Crippen LogP contribution in [0.2, 0.25) is 0 Å². The van der Waals surface area contributed by atoms with E-state index in [2.05, 4.69) is 65.3 Å². The predicted octanol–water partition coefficient (Wildman–Crippen LogP) is 3.79. The van der Waals surface area contributed by atoms with Gasteiger partial charge in [0.05, 0.1) is 0 Å². The van der Waals surface area contributed by atoms with Gasteiger partial charge in [-0.05, 0) is 12.1 Å². The van der Waals surface area contributed by atoms with Crippen LogP contribution in [0.25, 0.3) is 25.7 Å². The summed E-state index contributed by atoms with van der Waals surface area (Å²) in [5.41, 5.74) is 1.28. The third-order valence-electron chi connectivity index (χ3n) is 3.16. The molecule has 0 aliphatic rings. The van der Waals surface area contributed by atoms with Crippen LogP contribution in [-0.4, -0.2) is 0 Å². The second-order valence-corrected chi connectivity index (χ2v) is 5.20. The molecule has 4 aromatic rings. The van der Waals surface area contributed by atoms with Crippen molar-refractivity contribution in [3.8, 4) is 0 Å². The molecule has 0 saturated carbocycles. The second kappa shape index (κ2) is 3.28. The summed E-state index contributed by atoms with van der Waals surface area (Å²) in [5, 5.41) is 2.72. The highest BCUT2D eigenvalue weighted by Gasteiger charge is 2.11. The lowest BCUT2D eigenvalue weighted by molar-refractivity contribution is -0.510. The lowest BCUT2D eigenvalue weighted by atomic mass is 10.2. The largest absolute Gasteiger partial charge is 0.228 e. The van der Waals surface area contributed by atoms with E-state index in [1.54, 1.807) is 0 Å². The van der Waals surface area contributed by atoms with Gasteiger partial charge in [0.15, 0.2) is 12.4 Å². The number of pyridine rings is 2. The van der Waals surface area contributed by atoms with Crippen molar-refractivity contribution in [1.29, 1.82) is 0 Å². The van der Waals surface area contributed by atoms with E-state index < -0.39 is 0 Å². The highest BCUT2D eigenvalue weighted by molar-refractivity contribution is 7.26. The van der Waals surface area contributed by atoms with Crippen LogP contribution in [0, 0.1) is 0 Å². The number of hydrogen-bond acceptors (Lipinski definition) is 1. The smallest absolute Gasteiger partial charge is 0.166 e. The fourth-order valence-corrected chi connectivity index (χ4v) is 3.57. The molecule has 2 heteroatoms. The first-order valence-electron chi connectivity index (χ1n) is 5.64. The maximum atomic E-state index is 2.21. The summed E-state index contributed by atoms with van der Waals surface area (Å²) in [4.78, 5) is 0. The average molecular weight is 236 g/mol. The van der Waals surface area contributed by atoms with Crippen LogP contribution in [-0.2, 0) is 0 Å². The van der Waals surface area contributed by atoms with Gasteiger partial charge in [-0.1, -0.05) is 18.2 Å². The van der Waals surface area contributed by atoms with E-state index in [-0.39, 0.29) is 0 Å². The van der Waals surface area contributed by atoms with Crippen LogP contribution in [0.4, 0.5) is 0 Å². The Labute approximate surface area is 103 Å². The van der Waals surface area contributed by atoms with Crippen molar-refractivity contribution in [2.45, 2.75) is 0 Å². The molecule has 0 spiro atoms. The van der Waals surface area contributed by atoms with Crippen molar-refractivity contribution in [2.24, 2.45) is 0 Å². The first kappa shape index (κ1) is 9.14. The Morgan fingerprint density at radius 2 is 1.65 bits per heavy atom. The molecule has 0 unspecified atom stereocenters. The fourth-order valence-electron chi connectivity index (χ4n) is 2.35. The van der Waals surface area contributed by atoms with E-state index in [0.717, 1.165) is 0 Å². The highest BCUT2D eigenvalue weighted by atomic mass is 32.1. The molecule has 0 amide bonds. The van der Waals surface area contributed by atoms with Crippen LogP contribution in [0.15, 0.2) is 60.9 Å². The molecule has 0 radical (unpaired) electrons. The molecule has 0 N–H and O–H groups in total. The van der Waals surface area contributed by atoms with Crippen LogP contribution in [0.1, 0.15) is 0 Å². The van der Waals surface area contributed by atoms with Gasteiger partial charge in [-0.25, -0.2) is 0 Å². The number of fused-ring (bicyclic) bond motifs is 5. The third-order valence-corrected chi connectivity index (χ3v) is 4.37. The Kier molecular flexibility index (Phi) is 1.76. The van der Waals surface area contributed by atoms with Gasteiger partial charge in [0.2, 0.25) is 5.52 Å². The second-order valence-electron chi connectivity index (χ2n) is 4.15. The third kappa shape index (κ3) is 1.22. The number of nitrogens with zero attached hydrogens (tertiary/aromatic N) is 1. The Bertz CT molecular complexity index is 845. The molecule has 1 nitrogen and oxygen atoms in total. The topological polar surface area (TPSA) is 4.10 Å². The fraction of sp³-hybridized carbons (Fsp3) is 0. The number of rotatable bonds is 0. The molecule has 80 valence electrons. The zero-order chi connectivity index (χ0) is 11.2. The minimum atomic E-state index is 1.28. The summed E-state index contributed by atoms with van der Waals surface area (Å²) in [6.45, 7) is 0. The van der Waals surface area contributed by atoms with Crippen LogP contribution < -0.4 is 4.40 Å². The molecule has 0 fully saturated rings. The summed E-state index contributed by atoms with van der Waals surface area (Å²) in [6.07, 6.45) is 4.23. The lowest BCUT2D eigenvalue weighted by Gasteiger charge is -1.92. The minimum absolute atomic E-state index is 1.28. The molecule has 4 rings (SSSR count). The van der Waals surface area contributed by atoms with E-state index in [9.17, 15) is 0 Å². The van der Waals surface area contributed by atoms with Gasteiger partial charge >= 0.3 is 0 Å². The van der Waals surface area contributed by atoms with Crippen molar-refractivity contribution >= 4 is 37.0 Å². The maximum Gasteiger partial charge on any atom is 0.228 e. The van der Waals surface area contributed by atoms with E-state index in [4.69, 9.17) is 0 Å². The molecule has 3 aromatic heterocycles. The van der Waals surface area contributed by atoms with Crippen molar-refractivity contribution in [1.82, 2.24) is 0 Å². The van der Waals surface area contributed by atoms with Gasteiger partial charge in [0, 0.05) is 33.7 Å². The highest BCUT2D eigenvalue weighted by Crippen LogP contribution is 2.34. The zero-order valence-corrected chi connectivity index (χ0v) is 9.95. The molecule has 17 heavy (non-hydrogen) atoms. The minimum Gasteiger partial charge on any atom is -0.166 e. The molecular formula is C15H10NS+. The van der Waals surface area contributed by atoms with Crippen molar-refractivity contribution < 1.29 is 4.40 Å². The number of thiophene rings is 1. The zero-order valence-electron chi connectivity index (χ0n) is 9.13. The van der Waals surface area contributed by atoms with Crippen molar-refractivity contribution in [3.05, 3.63) is 60.9 Å².